The van der Waals surface area contributed by atoms with Gasteiger partial charge in [-0.1, -0.05) is 304 Å². The first kappa shape index (κ1) is 92.9. The smallest absolute Gasteiger partial charge is 0.220 e. The molecule has 0 aliphatic carbocycles. The Labute approximate surface area is 615 Å². The molecule has 3 heterocycles. The average molecular weight is 1450 g/mol. The first-order valence-electron chi connectivity index (χ1n) is 40.5. The van der Waals surface area contributed by atoms with Crippen LogP contribution >= 0.6 is 0 Å². The van der Waals surface area contributed by atoms with Crippen LogP contribution in [-0.2, 0) is 33.2 Å². The Balaban J connectivity index is 1.39. The summed E-state index contributed by atoms with van der Waals surface area (Å²) in [6, 6.07) is -0.920. The number of carbonyl (C=O) groups is 1. The standard InChI is InChI=1S/C83H145NO18/c1-3-5-7-9-11-13-15-17-19-21-23-25-27-29-31-32-33-35-36-38-40-42-44-46-48-50-52-54-56-58-60-67(88)66(84-71(89)61-59-57-55-53-51-49-47-45-43-41-39-37-34-30-28-26-24-22-20-18-16-14-12-10-8-6-4-2)65-97-81-77(95)74(92)79(69(63-86)99-81)102-83-78(96)75(93)80(70(64-87)100-83)101-82-76(94)73(91)72(90)68(62-85)98-82/h6,8,12,14,18,20,24,26,30,34,39,41,45,47,51,53,66-70,72-83,85-88,90-96H,3-5,7,9-11,13,15-17,19,21-23,25,27-29,31-33,35-38,40,42-44,46,48-50,52,54-65H2,1-2H3,(H,84,89)/b8-6-,14-12-,20-18-,26-24-,34-30-,41-39-,47-45-,53-51-. The molecule has 17 atom stereocenters. The Kier molecular flexibility index (Phi) is 57.1. The van der Waals surface area contributed by atoms with Gasteiger partial charge in [0, 0.05) is 6.42 Å². The van der Waals surface area contributed by atoms with Crippen molar-refractivity contribution in [2.75, 3.05) is 26.4 Å². The Hall–Kier alpha value is -3.29. The molecule has 102 heavy (non-hydrogen) atoms. The molecule has 3 rings (SSSR count). The van der Waals surface area contributed by atoms with E-state index in [0.29, 0.717) is 19.3 Å². The van der Waals surface area contributed by atoms with Gasteiger partial charge in [0.1, 0.15) is 73.2 Å². The monoisotopic (exact) mass is 1440 g/mol. The van der Waals surface area contributed by atoms with Crippen molar-refractivity contribution in [1.82, 2.24) is 5.32 Å². The third-order valence-electron chi connectivity index (χ3n) is 19.7. The fourth-order valence-electron chi connectivity index (χ4n) is 13.2. The molecule has 3 fully saturated rings. The largest absolute Gasteiger partial charge is 0.394 e. The minimum atomic E-state index is -1.98. The molecule has 590 valence electrons. The lowest BCUT2D eigenvalue weighted by molar-refractivity contribution is -0.379. The molecule has 1 amide bonds. The zero-order chi connectivity index (χ0) is 73.9. The normalized spacial score (nSPS) is 26.7. The molecule has 19 heteroatoms. The third kappa shape index (κ3) is 42.3. The van der Waals surface area contributed by atoms with Crippen LogP contribution in [0.2, 0.25) is 0 Å². The number of ether oxygens (including phenoxy) is 6. The minimum absolute atomic E-state index is 0.205. The quantitative estimate of drug-likeness (QED) is 0.0199. The van der Waals surface area contributed by atoms with Gasteiger partial charge in [0.2, 0.25) is 5.91 Å². The topological polar surface area (TPSA) is 307 Å². The summed E-state index contributed by atoms with van der Waals surface area (Å²) < 4.78 is 34.5. The lowest BCUT2D eigenvalue weighted by Crippen LogP contribution is -2.66. The first-order valence-corrected chi connectivity index (χ1v) is 40.5. The van der Waals surface area contributed by atoms with Gasteiger partial charge in [-0.15, -0.1) is 0 Å². The second kappa shape index (κ2) is 62.7. The van der Waals surface area contributed by atoms with Gasteiger partial charge in [0.05, 0.1) is 38.6 Å². The maximum Gasteiger partial charge on any atom is 0.220 e. The molecule has 19 nitrogen and oxygen atoms in total. The van der Waals surface area contributed by atoms with E-state index in [9.17, 15) is 61.0 Å². The van der Waals surface area contributed by atoms with Gasteiger partial charge in [0.15, 0.2) is 18.9 Å². The van der Waals surface area contributed by atoms with Crippen molar-refractivity contribution in [3.05, 3.63) is 97.2 Å². The molecular weight excluding hydrogens is 1300 g/mol. The number of aliphatic hydroxyl groups is 11. The van der Waals surface area contributed by atoms with Gasteiger partial charge in [-0.3, -0.25) is 4.79 Å². The Bertz CT molecular complexity index is 2220. The SMILES string of the molecule is CC/C=C\C/C=C\C/C=C\C/C=C\C/C=C\C/C=C\C/C=C\C/C=C\CCCCC(=O)NC(COC1OC(CO)C(OC2OC(CO)C(OC3OC(CO)C(O)C(O)C3O)C(O)C2O)C(O)C1O)C(O)CCCCCCCCCCCCCCCCCCCCCCCCCCCCCCCC. The summed E-state index contributed by atoms with van der Waals surface area (Å²) in [7, 11) is 0. The van der Waals surface area contributed by atoms with Gasteiger partial charge < -0.3 is 89.9 Å². The Morgan fingerprint density at radius 2 is 0.676 bits per heavy atom. The van der Waals surface area contributed by atoms with Crippen LogP contribution in [0, 0.1) is 0 Å². The van der Waals surface area contributed by atoms with E-state index in [1.54, 1.807) is 0 Å². The molecule has 0 aromatic heterocycles. The van der Waals surface area contributed by atoms with E-state index < -0.39 is 124 Å². The van der Waals surface area contributed by atoms with E-state index in [-0.39, 0.29) is 18.9 Å². The number of hydrogen-bond donors (Lipinski definition) is 12. The van der Waals surface area contributed by atoms with Crippen LogP contribution in [0.3, 0.4) is 0 Å². The predicted molar refractivity (Wildman–Crippen MR) is 406 cm³/mol. The highest BCUT2D eigenvalue weighted by Crippen LogP contribution is 2.33. The molecule has 3 aliphatic rings. The number of hydrogen-bond acceptors (Lipinski definition) is 18. The van der Waals surface area contributed by atoms with Crippen molar-refractivity contribution in [2.45, 2.75) is 394 Å². The molecule has 0 aromatic carbocycles. The number of rotatable bonds is 63. The fourth-order valence-corrected chi connectivity index (χ4v) is 13.2. The van der Waals surface area contributed by atoms with Gasteiger partial charge in [-0.05, 0) is 77.0 Å². The van der Waals surface area contributed by atoms with E-state index in [0.717, 1.165) is 83.5 Å². The summed E-state index contributed by atoms with van der Waals surface area (Å²) in [5.41, 5.74) is 0. The highest BCUT2D eigenvalue weighted by atomic mass is 16.8. The summed E-state index contributed by atoms with van der Waals surface area (Å²) in [5, 5.41) is 121. The van der Waals surface area contributed by atoms with Crippen LogP contribution in [0.15, 0.2) is 97.2 Å². The summed E-state index contributed by atoms with van der Waals surface area (Å²) in [4.78, 5) is 13.5. The van der Waals surface area contributed by atoms with Gasteiger partial charge in [-0.2, -0.15) is 0 Å². The van der Waals surface area contributed by atoms with Crippen LogP contribution in [0.25, 0.3) is 0 Å². The van der Waals surface area contributed by atoms with Crippen molar-refractivity contribution < 1.29 is 89.4 Å². The lowest BCUT2D eigenvalue weighted by atomic mass is 9.96. The molecular formula is C83H145NO18. The van der Waals surface area contributed by atoms with E-state index in [2.05, 4.69) is 116 Å². The number of nitrogens with one attached hydrogen (secondary N) is 1. The number of unbranched alkanes of at least 4 members (excludes halogenated alkanes) is 31. The van der Waals surface area contributed by atoms with Crippen molar-refractivity contribution in [2.24, 2.45) is 0 Å². The van der Waals surface area contributed by atoms with Crippen molar-refractivity contribution in [1.29, 1.82) is 0 Å². The molecule has 17 unspecified atom stereocenters. The van der Waals surface area contributed by atoms with E-state index in [1.807, 2.05) is 0 Å². The van der Waals surface area contributed by atoms with Crippen molar-refractivity contribution >= 4 is 5.91 Å². The molecule has 0 radical (unpaired) electrons. The molecule has 0 aromatic rings. The molecule has 12 N–H and O–H groups in total. The number of allylic oxidation sites excluding steroid dienone is 16. The van der Waals surface area contributed by atoms with Gasteiger partial charge in [-0.25, -0.2) is 0 Å². The zero-order valence-corrected chi connectivity index (χ0v) is 63.1. The molecule has 0 spiro atoms. The van der Waals surface area contributed by atoms with Crippen LogP contribution in [0.5, 0.6) is 0 Å². The van der Waals surface area contributed by atoms with Gasteiger partial charge >= 0.3 is 0 Å². The number of carbonyl (C=O) groups excluding carboxylic acids is 1. The average Bonchev–Trinajstić information content (AvgIpc) is 0.782. The third-order valence-corrected chi connectivity index (χ3v) is 19.7. The number of aliphatic hydroxyl groups excluding tert-OH is 11. The minimum Gasteiger partial charge on any atom is -0.394 e. The molecule has 3 saturated heterocycles. The molecule has 3 aliphatic heterocycles. The van der Waals surface area contributed by atoms with Crippen LogP contribution in [-0.4, -0.2) is 193 Å². The maximum absolute atomic E-state index is 13.5. The summed E-state index contributed by atoms with van der Waals surface area (Å²) in [6.07, 6.45) is 57.8. The fraction of sp³-hybridized carbons (Fsp3) is 0.795. The Morgan fingerprint density at radius 3 is 1.04 bits per heavy atom. The summed E-state index contributed by atoms with van der Waals surface area (Å²) in [5.74, 6) is -0.285. The maximum atomic E-state index is 13.5. The second-order valence-corrected chi connectivity index (χ2v) is 28.5. The first-order chi connectivity index (χ1) is 49.8. The molecule has 0 saturated carbocycles. The lowest BCUT2D eigenvalue weighted by Gasteiger charge is -2.48. The summed E-state index contributed by atoms with van der Waals surface area (Å²) >= 11 is 0. The van der Waals surface area contributed by atoms with Crippen LogP contribution in [0.1, 0.15) is 290 Å². The van der Waals surface area contributed by atoms with Gasteiger partial charge in [0.25, 0.3) is 0 Å². The second-order valence-electron chi connectivity index (χ2n) is 28.5. The Morgan fingerprint density at radius 1 is 0.363 bits per heavy atom. The van der Waals surface area contributed by atoms with E-state index in [1.165, 1.54) is 167 Å². The molecule has 0 bridgehead atoms. The summed E-state index contributed by atoms with van der Waals surface area (Å²) in [6.45, 7) is 1.68. The van der Waals surface area contributed by atoms with E-state index in [4.69, 9.17) is 28.4 Å². The highest BCUT2D eigenvalue weighted by molar-refractivity contribution is 5.76. The van der Waals surface area contributed by atoms with Crippen LogP contribution < -0.4 is 5.32 Å². The zero-order valence-electron chi connectivity index (χ0n) is 63.1. The number of amides is 1. The van der Waals surface area contributed by atoms with E-state index >= 15 is 0 Å². The van der Waals surface area contributed by atoms with Crippen LogP contribution in [0.4, 0.5) is 0 Å². The van der Waals surface area contributed by atoms with Crippen molar-refractivity contribution in [3.8, 4) is 0 Å². The highest BCUT2D eigenvalue weighted by Gasteiger charge is 2.54. The predicted octanol–water partition coefficient (Wildman–Crippen LogP) is 13.6. The van der Waals surface area contributed by atoms with Crippen molar-refractivity contribution in [3.63, 3.8) is 0 Å².